The zero-order chi connectivity index (χ0) is 18.4. The summed E-state index contributed by atoms with van der Waals surface area (Å²) in [5.41, 5.74) is 0.981. The molecule has 1 aliphatic carbocycles. The van der Waals surface area contributed by atoms with Gasteiger partial charge in [-0.25, -0.2) is 4.98 Å². The minimum Gasteiger partial charge on any atom is -0.493 e. The molecule has 0 spiro atoms. The lowest BCUT2D eigenvalue weighted by atomic mass is 10.1. The van der Waals surface area contributed by atoms with Crippen molar-refractivity contribution >= 4 is 5.91 Å². The van der Waals surface area contributed by atoms with E-state index in [0.29, 0.717) is 18.7 Å². The molecule has 0 unspecified atom stereocenters. The van der Waals surface area contributed by atoms with Gasteiger partial charge in [-0.3, -0.25) is 9.48 Å². The number of rotatable bonds is 8. The molecule has 0 saturated heterocycles. The molecule has 1 saturated carbocycles. The second kappa shape index (κ2) is 8.69. The summed E-state index contributed by atoms with van der Waals surface area (Å²) in [6, 6.07) is 5.74. The van der Waals surface area contributed by atoms with Gasteiger partial charge < -0.3 is 14.8 Å². The van der Waals surface area contributed by atoms with Crippen LogP contribution in [0.25, 0.3) is 0 Å². The molecule has 1 fully saturated rings. The van der Waals surface area contributed by atoms with Crippen LogP contribution in [0, 0.1) is 0 Å². The first-order valence-corrected chi connectivity index (χ1v) is 9.12. The molecule has 140 valence electrons. The molecule has 3 rings (SSSR count). The van der Waals surface area contributed by atoms with Crippen LogP contribution in [0.15, 0.2) is 30.9 Å². The molecule has 1 aromatic heterocycles. The number of methoxy groups -OCH3 is 1. The number of ether oxygens (including phenoxy) is 2. The minimum atomic E-state index is -0.118. The second-order valence-corrected chi connectivity index (χ2v) is 6.63. The summed E-state index contributed by atoms with van der Waals surface area (Å²) in [6.45, 7) is 2.47. The maximum absolute atomic E-state index is 12.1. The average molecular weight is 358 g/mol. The largest absolute Gasteiger partial charge is 0.493 e. The van der Waals surface area contributed by atoms with Crippen LogP contribution in [0.3, 0.4) is 0 Å². The van der Waals surface area contributed by atoms with Gasteiger partial charge in [-0.1, -0.05) is 6.07 Å². The van der Waals surface area contributed by atoms with Gasteiger partial charge in [0.05, 0.1) is 25.8 Å². The number of nitrogens with one attached hydrogen (secondary N) is 1. The van der Waals surface area contributed by atoms with Crippen molar-refractivity contribution in [3.05, 3.63) is 36.4 Å². The molecule has 1 aliphatic rings. The second-order valence-electron chi connectivity index (χ2n) is 6.63. The van der Waals surface area contributed by atoms with Crippen molar-refractivity contribution in [3.8, 4) is 11.5 Å². The normalized spacial score (nSPS) is 15.6. The first kappa shape index (κ1) is 18.2. The van der Waals surface area contributed by atoms with Crippen molar-refractivity contribution in [2.75, 3.05) is 7.11 Å². The fourth-order valence-corrected chi connectivity index (χ4v) is 3.20. The van der Waals surface area contributed by atoms with Gasteiger partial charge in [0, 0.05) is 6.42 Å². The van der Waals surface area contributed by atoms with Crippen molar-refractivity contribution < 1.29 is 14.3 Å². The maximum atomic E-state index is 12.1. The van der Waals surface area contributed by atoms with Crippen LogP contribution < -0.4 is 14.8 Å². The third kappa shape index (κ3) is 4.74. The minimum absolute atomic E-state index is 0.0294. The van der Waals surface area contributed by atoms with Gasteiger partial charge in [-0.05, 0) is 50.3 Å². The van der Waals surface area contributed by atoms with Crippen LogP contribution >= 0.6 is 0 Å². The molecule has 7 nitrogen and oxygen atoms in total. The van der Waals surface area contributed by atoms with Gasteiger partial charge in [0.1, 0.15) is 12.7 Å². The lowest BCUT2D eigenvalue weighted by Crippen LogP contribution is -2.27. The molecule has 1 N–H and O–H groups in total. The highest BCUT2D eigenvalue weighted by Crippen LogP contribution is 2.33. The van der Waals surface area contributed by atoms with Crippen molar-refractivity contribution in [2.45, 2.75) is 57.7 Å². The highest BCUT2D eigenvalue weighted by Gasteiger charge is 2.19. The summed E-state index contributed by atoms with van der Waals surface area (Å²) in [6.07, 6.45) is 8.35. The first-order chi connectivity index (χ1) is 12.7. The third-order valence-electron chi connectivity index (χ3n) is 4.70. The fourth-order valence-electron chi connectivity index (χ4n) is 3.20. The maximum Gasteiger partial charge on any atom is 0.222 e. The molecule has 7 heteroatoms. The number of amides is 1. The Kier molecular flexibility index (Phi) is 6.09. The Morgan fingerprint density at radius 2 is 2.15 bits per heavy atom. The Balaban J connectivity index is 1.57. The third-order valence-corrected chi connectivity index (χ3v) is 4.70. The molecule has 2 aromatic rings. The number of hydrogen-bond acceptors (Lipinski definition) is 5. The molecule has 1 atom stereocenters. The van der Waals surface area contributed by atoms with Gasteiger partial charge in [0.25, 0.3) is 0 Å². The van der Waals surface area contributed by atoms with Gasteiger partial charge in [-0.15, -0.1) is 0 Å². The Morgan fingerprint density at radius 1 is 1.35 bits per heavy atom. The zero-order valence-electron chi connectivity index (χ0n) is 15.4. The average Bonchev–Trinajstić information content (AvgIpc) is 3.34. The van der Waals surface area contributed by atoms with E-state index in [1.807, 2.05) is 25.1 Å². The van der Waals surface area contributed by atoms with E-state index in [9.17, 15) is 4.79 Å². The summed E-state index contributed by atoms with van der Waals surface area (Å²) < 4.78 is 13.2. The van der Waals surface area contributed by atoms with E-state index in [4.69, 9.17) is 9.47 Å². The summed E-state index contributed by atoms with van der Waals surface area (Å²) in [4.78, 5) is 16.0. The summed E-state index contributed by atoms with van der Waals surface area (Å²) >= 11 is 0. The van der Waals surface area contributed by atoms with Gasteiger partial charge in [0.15, 0.2) is 11.5 Å². The molecular formula is C19H26N4O3. The van der Waals surface area contributed by atoms with Crippen molar-refractivity contribution in [2.24, 2.45) is 0 Å². The molecule has 26 heavy (non-hydrogen) atoms. The van der Waals surface area contributed by atoms with E-state index in [1.165, 1.54) is 19.2 Å². The predicted octanol–water partition coefficient (Wildman–Crippen LogP) is 2.88. The smallest absolute Gasteiger partial charge is 0.222 e. The van der Waals surface area contributed by atoms with Crippen LogP contribution in [-0.4, -0.2) is 33.9 Å². The zero-order valence-corrected chi connectivity index (χ0v) is 15.4. The van der Waals surface area contributed by atoms with E-state index in [-0.39, 0.29) is 18.1 Å². The number of benzene rings is 1. The van der Waals surface area contributed by atoms with Gasteiger partial charge >= 0.3 is 0 Å². The monoisotopic (exact) mass is 358 g/mol. The quantitative estimate of drug-likeness (QED) is 0.785. The van der Waals surface area contributed by atoms with Gasteiger partial charge in [-0.2, -0.15) is 5.10 Å². The molecule has 1 aromatic carbocycles. The van der Waals surface area contributed by atoms with E-state index < -0.39 is 0 Å². The summed E-state index contributed by atoms with van der Waals surface area (Å²) in [5, 5.41) is 7.00. The SMILES string of the molecule is COc1cc([C@@H](C)NC(=O)CCn2cncn2)ccc1OC1CCCC1. The number of nitrogens with zero attached hydrogens (tertiary/aromatic N) is 3. The van der Waals surface area contributed by atoms with Crippen molar-refractivity contribution in [1.82, 2.24) is 20.1 Å². The predicted molar refractivity (Wildman–Crippen MR) is 97.1 cm³/mol. The van der Waals surface area contributed by atoms with Crippen molar-refractivity contribution in [1.29, 1.82) is 0 Å². The van der Waals surface area contributed by atoms with Crippen LogP contribution in [-0.2, 0) is 11.3 Å². The number of aromatic nitrogens is 3. The molecule has 0 bridgehead atoms. The molecule has 0 aliphatic heterocycles. The highest BCUT2D eigenvalue weighted by atomic mass is 16.5. The van der Waals surface area contributed by atoms with E-state index in [0.717, 1.165) is 24.2 Å². The first-order valence-electron chi connectivity index (χ1n) is 9.12. The molecule has 1 amide bonds. The standard InChI is InChI=1S/C19H26N4O3/c1-14(22-19(24)9-10-23-13-20-12-21-23)15-7-8-17(18(11-15)25-2)26-16-5-3-4-6-16/h7-8,11-14,16H,3-6,9-10H2,1-2H3,(H,22,24)/t14-/m1/s1. The van der Waals surface area contributed by atoms with Crippen LogP contribution in [0.5, 0.6) is 11.5 Å². The Hall–Kier alpha value is -2.57. The van der Waals surface area contributed by atoms with Crippen LogP contribution in [0.4, 0.5) is 0 Å². The van der Waals surface area contributed by atoms with Crippen molar-refractivity contribution in [3.63, 3.8) is 0 Å². The fraction of sp³-hybridized carbons (Fsp3) is 0.526. The van der Waals surface area contributed by atoms with E-state index in [2.05, 4.69) is 15.4 Å². The topological polar surface area (TPSA) is 78.3 Å². The lowest BCUT2D eigenvalue weighted by molar-refractivity contribution is -0.122. The van der Waals surface area contributed by atoms with E-state index in [1.54, 1.807) is 18.1 Å². The van der Waals surface area contributed by atoms with Gasteiger partial charge in [0.2, 0.25) is 5.91 Å². The summed E-state index contributed by atoms with van der Waals surface area (Å²) in [7, 11) is 1.64. The number of aryl methyl sites for hydroxylation is 1. The van der Waals surface area contributed by atoms with Crippen LogP contribution in [0.1, 0.15) is 50.6 Å². The molecular weight excluding hydrogens is 332 g/mol. The highest BCUT2D eigenvalue weighted by molar-refractivity contribution is 5.76. The lowest BCUT2D eigenvalue weighted by Gasteiger charge is -2.19. The Bertz CT molecular complexity index is 712. The molecule has 1 heterocycles. The van der Waals surface area contributed by atoms with Crippen LogP contribution in [0.2, 0.25) is 0 Å². The Morgan fingerprint density at radius 3 is 2.85 bits per heavy atom. The molecule has 0 radical (unpaired) electrons. The Labute approximate surface area is 153 Å². The van der Waals surface area contributed by atoms with E-state index >= 15 is 0 Å². The number of carbonyl (C=O) groups excluding carboxylic acids is 1. The number of carbonyl (C=O) groups is 1. The number of hydrogen-bond donors (Lipinski definition) is 1. The summed E-state index contributed by atoms with van der Waals surface area (Å²) in [5.74, 6) is 1.45.